The highest BCUT2D eigenvalue weighted by atomic mass is 16.5. The van der Waals surface area contributed by atoms with Gasteiger partial charge in [-0.2, -0.15) is 0 Å². The zero-order chi connectivity index (χ0) is 9.84. The van der Waals surface area contributed by atoms with Crippen LogP contribution in [0.3, 0.4) is 0 Å². The van der Waals surface area contributed by atoms with E-state index < -0.39 is 0 Å². The van der Waals surface area contributed by atoms with Crippen LogP contribution >= 0.6 is 0 Å². The first-order chi connectivity index (χ1) is 6.15. The molecule has 2 unspecified atom stereocenters. The van der Waals surface area contributed by atoms with Gasteiger partial charge in [-0.15, -0.1) is 0 Å². The lowest BCUT2D eigenvalue weighted by Gasteiger charge is -2.36. The van der Waals surface area contributed by atoms with Gasteiger partial charge in [-0.3, -0.25) is 4.79 Å². The minimum atomic E-state index is 0.0464. The molecule has 0 bridgehead atoms. The van der Waals surface area contributed by atoms with Gasteiger partial charge >= 0.3 is 0 Å². The monoisotopic (exact) mass is 186 g/mol. The number of amides is 1. The molecule has 0 aromatic rings. The van der Waals surface area contributed by atoms with Gasteiger partial charge in [0.1, 0.15) is 6.61 Å². The maximum Gasteiger partial charge on any atom is 0.248 e. The van der Waals surface area contributed by atoms with Gasteiger partial charge in [-0.05, 0) is 19.8 Å². The minimum absolute atomic E-state index is 0.0464. The summed E-state index contributed by atoms with van der Waals surface area (Å²) in [6.45, 7) is 2.89. The average Bonchev–Trinajstić information content (AvgIpc) is 2.09. The van der Waals surface area contributed by atoms with Gasteiger partial charge in [0.15, 0.2) is 0 Å². The van der Waals surface area contributed by atoms with Crippen molar-refractivity contribution >= 4 is 5.91 Å². The highest BCUT2D eigenvalue weighted by Crippen LogP contribution is 2.15. The van der Waals surface area contributed by atoms with E-state index in [2.05, 4.69) is 6.92 Å². The summed E-state index contributed by atoms with van der Waals surface area (Å²) in [5, 5.41) is 0. The third-order valence-corrected chi connectivity index (χ3v) is 2.51. The van der Waals surface area contributed by atoms with E-state index in [0.29, 0.717) is 12.6 Å². The van der Waals surface area contributed by atoms with Crippen LogP contribution in [-0.4, -0.2) is 43.2 Å². The van der Waals surface area contributed by atoms with Crippen LogP contribution in [0.5, 0.6) is 0 Å². The van der Waals surface area contributed by atoms with Crippen LogP contribution in [0.1, 0.15) is 19.8 Å². The van der Waals surface area contributed by atoms with E-state index in [4.69, 9.17) is 10.5 Å². The van der Waals surface area contributed by atoms with Gasteiger partial charge in [0.2, 0.25) is 5.91 Å². The molecular weight excluding hydrogens is 168 g/mol. The number of hydrogen-bond donors (Lipinski definition) is 1. The standard InChI is InChI=1S/C9H18N2O2/c1-7-3-4-8(10)5-11(7)9(12)6-13-2/h7-8H,3-6,10H2,1-2H3. The number of likely N-dealkylation sites (tertiary alicyclic amines) is 1. The molecule has 1 fully saturated rings. The fourth-order valence-corrected chi connectivity index (χ4v) is 1.69. The van der Waals surface area contributed by atoms with Crippen molar-refractivity contribution in [3.8, 4) is 0 Å². The van der Waals surface area contributed by atoms with Gasteiger partial charge in [-0.1, -0.05) is 0 Å². The lowest BCUT2D eigenvalue weighted by atomic mass is 10.0. The molecule has 0 saturated carbocycles. The molecule has 1 rings (SSSR count). The number of ether oxygens (including phenoxy) is 1. The van der Waals surface area contributed by atoms with Crippen LogP contribution in [0.2, 0.25) is 0 Å². The van der Waals surface area contributed by atoms with Gasteiger partial charge in [0.25, 0.3) is 0 Å². The first-order valence-electron chi connectivity index (χ1n) is 4.69. The highest BCUT2D eigenvalue weighted by molar-refractivity contribution is 5.77. The van der Waals surface area contributed by atoms with Crippen molar-refractivity contribution in [2.24, 2.45) is 5.73 Å². The van der Waals surface area contributed by atoms with E-state index in [1.165, 1.54) is 7.11 Å². The van der Waals surface area contributed by atoms with E-state index in [1.54, 1.807) is 0 Å². The molecule has 4 heteroatoms. The Morgan fingerprint density at radius 1 is 1.62 bits per heavy atom. The predicted octanol–water partition coefficient (Wildman–Crippen LogP) is -0.0290. The minimum Gasteiger partial charge on any atom is -0.375 e. The van der Waals surface area contributed by atoms with Crippen molar-refractivity contribution in [2.45, 2.75) is 31.8 Å². The first-order valence-corrected chi connectivity index (χ1v) is 4.69. The molecule has 4 nitrogen and oxygen atoms in total. The maximum atomic E-state index is 11.5. The Balaban J connectivity index is 2.50. The van der Waals surface area contributed by atoms with E-state index in [-0.39, 0.29) is 18.6 Å². The second-order valence-electron chi connectivity index (χ2n) is 3.67. The summed E-state index contributed by atoms with van der Waals surface area (Å²) in [7, 11) is 1.53. The molecular formula is C9H18N2O2. The third kappa shape index (κ3) is 2.67. The molecule has 0 aromatic heterocycles. The van der Waals surface area contributed by atoms with Crippen LogP contribution < -0.4 is 5.73 Å². The zero-order valence-electron chi connectivity index (χ0n) is 8.32. The maximum absolute atomic E-state index is 11.5. The summed E-state index contributed by atoms with van der Waals surface area (Å²) >= 11 is 0. The second kappa shape index (κ2) is 4.58. The molecule has 1 saturated heterocycles. The topological polar surface area (TPSA) is 55.6 Å². The Morgan fingerprint density at radius 2 is 2.31 bits per heavy atom. The normalized spacial score (nSPS) is 29.0. The molecule has 13 heavy (non-hydrogen) atoms. The van der Waals surface area contributed by atoms with Crippen molar-refractivity contribution in [1.29, 1.82) is 0 Å². The van der Waals surface area contributed by atoms with E-state index >= 15 is 0 Å². The number of rotatable bonds is 2. The lowest BCUT2D eigenvalue weighted by molar-refractivity contribution is -0.138. The van der Waals surface area contributed by atoms with Gasteiger partial charge in [-0.25, -0.2) is 0 Å². The molecule has 0 radical (unpaired) electrons. The molecule has 2 atom stereocenters. The summed E-state index contributed by atoms with van der Waals surface area (Å²) in [4.78, 5) is 13.3. The number of nitrogens with two attached hydrogens (primary N) is 1. The quantitative estimate of drug-likeness (QED) is 0.659. The fourth-order valence-electron chi connectivity index (χ4n) is 1.69. The number of carbonyl (C=O) groups is 1. The zero-order valence-corrected chi connectivity index (χ0v) is 8.32. The number of methoxy groups -OCH3 is 1. The van der Waals surface area contributed by atoms with E-state index in [1.807, 2.05) is 4.90 Å². The van der Waals surface area contributed by atoms with E-state index in [0.717, 1.165) is 12.8 Å². The number of hydrogen-bond acceptors (Lipinski definition) is 3. The summed E-state index contributed by atoms with van der Waals surface area (Å²) in [6.07, 6.45) is 2.01. The van der Waals surface area contributed by atoms with Gasteiger partial charge in [0, 0.05) is 25.7 Å². The third-order valence-electron chi connectivity index (χ3n) is 2.51. The predicted molar refractivity (Wildman–Crippen MR) is 50.3 cm³/mol. The summed E-state index contributed by atoms with van der Waals surface area (Å²) < 4.78 is 4.81. The Kier molecular flexibility index (Phi) is 3.69. The SMILES string of the molecule is COCC(=O)N1CC(N)CCC1C. The second-order valence-corrected chi connectivity index (χ2v) is 3.67. The molecule has 0 spiro atoms. The van der Waals surface area contributed by atoms with Gasteiger partial charge in [0.05, 0.1) is 0 Å². The highest BCUT2D eigenvalue weighted by Gasteiger charge is 2.26. The largest absolute Gasteiger partial charge is 0.375 e. The molecule has 1 aliphatic rings. The number of carbonyl (C=O) groups excluding carboxylic acids is 1. The van der Waals surface area contributed by atoms with Crippen LogP contribution in [-0.2, 0) is 9.53 Å². The smallest absolute Gasteiger partial charge is 0.248 e. The molecule has 0 aliphatic carbocycles. The Morgan fingerprint density at radius 3 is 2.92 bits per heavy atom. The van der Waals surface area contributed by atoms with Crippen LogP contribution in [0.25, 0.3) is 0 Å². The Bertz CT molecular complexity index is 184. The van der Waals surface area contributed by atoms with Crippen molar-refractivity contribution in [2.75, 3.05) is 20.3 Å². The van der Waals surface area contributed by atoms with Crippen LogP contribution in [0.15, 0.2) is 0 Å². The molecule has 76 valence electrons. The number of piperidine rings is 1. The van der Waals surface area contributed by atoms with Crippen LogP contribution in [0, 0.1) is 0 Å². The molecule has 1 heterocycles. The molecule has 0 aromatic carbocycles. The summed E-state index contributed by atoms with van der Waals surface area (Å²) in [5.74, 6) is 0.0464. The van der Waals surface area contributed by atoms with Gasteiger partial charge < -0.3 is 15.4 Å². The van der Waals surface area contributed by atoms with Crippen molar-refractivity contribution < 1.29 is 9.53 Å². The lowest BCUT2D eigenvalue weighted by Crippen LogP contribution is -2.51. The average molecular weight is 186 g/mol. The fraction of sp³-hybridized carbons (Fsp3) is 0.889. The van der Waals surface area contributed by atoms with Crippen molar-refractivity contribution in [3.05, 3.63) is 0 Å². The first kappa shape index (κ1) is 10.5. The van der Waals surface area contributed by atoms with Crippen molar-refractivity contribution in [1.82, 2.24) is 4.90 Å². The molecule has 1 amide bonds. The summed E-state index contributed by atoms with van der Waals surface area (Å²) in [5.41, 5.74) is 5.79. The van der Waals surface area contributed by atoms with E-state index in [9.17, 15) is 4.79 Å². The van der Waals surface area contributed by atoms with Crippen LogP contribution in [0.4, 0.5) is 0 Å². The molecule has 2 N–H and O–H groups in total. The number of nitrogens with zero attached hydrogens (tertiary/aromatic N) is 1. The molecule has 1 aliphatic heterocycles. The Hall–Kier alpha value is -0.610. The Labute approximate surface area is 79.0 Å². The summed E-state index contributed by atoms with van der Waals surface area (Å²) in [6, 6.07) is 0.444. The van der Waals surface area contributed by atoms with Crippen molar-refractivity contribution in [3.63, 3.8) is 0 Å².